The molecule has 1 fully saturated rings. The van der Waals surface area contributed by atoms with Crippen LogP contribution in [0.2, 0.25) is 0 Å². The number of aliphatic carboxylic acids is 1. The SMILES string of the molecule is O=C(O)CC(O)CNC(=O)[C@H]1CCC[C@@H](NC(=O)OCC2c3ccccc3-c3ccccc32)C1. The molecule has 8 heteroatoms. The number of ether oxygens (including phenoxy) is 1. The molecule has 0 heterocycles. The highest BCUT2D eigenvalue weighted by Gasteiger charge is 2.31. The van der Waals surface area contributed by atoms with Crippen molar-refractivity contribution >= 4 is 18.0 Å². The molecule has 0 spiro atoms. The molecule has 1 saturated carbocycles. The van der Waals surface area contributed by atoms with Gasteiger partial charge in [-0.3, -0.25) is 9.59 Å². The standard InChI is InChI=1S/C26H30N2O6/c29-18(13-24(30)31)14-27-25(32)16-6-5-7-17(12-16)28-26(33)34-15-23-21-10-3-1-8-19(21)20-9-2-4-11-22(20)23/h1-4,8-11,16-18,23,29H,5-7,12-15H2,(H,27,32)(H,28,33)(H,30,31)/t16-,17+,18?/m0/s1. The van der Waals surface area contributed by atoms with Crippen molar-refractivity contribution in [1.29, 1.82) is 0 Å². The van der Waals surface area contributed by atoms with E-state index in [0.717, 1.165) is 24.0 Å². The number of benzene rings is 2. The first-order chi connectivity index (χ1) is 16.4. The molecule has 2 aromatic rings. The largest absolute Gasteiger partial charge is 0.481 e. The lowest BCUT2D eigenvalue weighted by Gasteiger charge is -2.29. The highest BCUT2D eigenvalue weighted by Crippen LogP contribution is 2.44. The van der Waals surface area contributed by atoms with E-state index in [1.165, 1.54) is 11.1 Å². The third-order valence-electron chi connectivity index (χ3n) is 6.63. The summed E-state index contributed by atoms with van der Waals surface area (Å²) in [7, 11) is 0. The van der Waals surface area contributed by atoms with Crippen LogP contribution >= 0.6 is 0 Å². The van der Waals surface area contributed by atoms with Gasteiger partial charge in [0.25, 0.3) is 0 Å². The lowest BCUT2D eigenvalue weighted by atomic mass is 9.85. The Kier molecular flexibility index (Phi) is 7.47. The van der Waals surface area contributed by atoms with E-state index in [4.69, 9.17) is 9.84 Å². The van der Waals surface area contributed by atoms with Crippen LogP contribution in [0, 0.1) is 5.92 Å². The van der Waals surface area contributed by atoms with Gasteiger partial charge < -0.3 is 25.6 Å². The van der Waals surface area contributed by atoms with Crippen LogP contribution < -0.4 is 10.6 Å². The molecule has 3 atom stereocenters. The maximum Gasteiger partial charge on any atom is 0.407 e. The van der Waals surface area contributed by atoms with Crippen molar-refractivity contribution in [2.24, 2.45) is 5.92 Å². The van der Waals surface area contributed by atoms with E-state index in [2.05, 4.69) is 34.9 Å². The summed E-state index contributed by atoms with van der Waals surface area (Å²) in [5.41, 5.74) is 4.63. The van der Waals surface area contributed by atoms with Crippen molar-refractivity contribution < 1.29 is 29.3 Å². The fourth-order valence-corrected chi connectivity index (χ4v) is 5.00. The predicted molar refractivity (Wildman–Crippen MR) is 125 cm³/mol. The number of amides is 2. The van der Waals surface area contributed by atoms with Gasteiger partial charge in [-0.1, -0.05) is 55.0 Å². The normalized spacial score (nSPS) is 20.0. The molecule has 34 heavy (non-hydrogen) atoms. The Hall–Kier alpha value is -3.39. The van der Waals surface area contributed by atoms with Crippen LogP contribution in [0.4, 0.5) is 4.79 Å². The Bertz CT molecular complexity index is 1010. The summed E-state index contributed by atoms with van der Waals surface area (Å²) in [6.45, 7) is 0.129. The molecule has 0 saturated heterocycles. The number of carboxylic acid groups (broad SMARTS) is 1. The highest BCUT2D eigenvalue weighted by molar-refractivity contribution is 5.80. The van der Waals surface area contributed by atoms with Crippen molar-refractivity contribution in [2.45, 2.75) is 50.2 Å². The Labute approximate surface area is 198 Å². The number of aliphatic hydroxyl groups excluding tert-OH is 1. The summed E-state index contributed by atoms with van der Waals surface area (Å²) in [5.74, 6) is -1.67. The van der Waals surface area contributed by atoms with Gasteiger partial charge in [-0.05, 0) is 41.5 Å². The fraction of sp³-hybridized carbons (Fsp3) is 0.423. The number of aliphatic hydroxyl groups is 1. The number of carbonyl (C=O) groups is 3. The minimum Gasteiger partial charge on any atom is -0.481 e. The predicted octanol–water partition coefficient (Wildman–Crippen LogP) is 3.04. The summed E-state index contributed by atoms with van der Waals surface area (Å²) in [4.78, 5) is 35.6. The zero-order chi connectivity index (χ0) is 24.1. The van der Waals surface area contributed by atoms with Gasteiger partial charge in [0.15, 0.2) is 0 Å². The molecule has 180 valence electrons. The van der Waals surface area contributed by atoms with Gasteiger partial charge in [0.05, 0.1) is 12.5 Å². The van der Waals surface area contributed by atoms with Crippen LogP contribution in [-0.4, -0.2) is 53.5 Å². The number of rotatable bonds is 8. The van der Waals surface area contributed by atoms with E-state index in [1.807, 2.05) is 24.3 Å². The zero-order valence-electron chi connectivity index (χ0n) is 18.9. The fourth-order valence-electron chi connectivity index (χ4n) is 5.00. The summed E-state index contributed by atoms with van der Waals surface area (Å²) in [6.07, 6.45) is 0.662. The number of fused-ring (bicyclic) bond motifs is 3. The summed E-state index contributed by atoms with van der Waals surface area (Å²) >= 11 is 0. The van der Waals surface area contributed by atoms with Crippen molar-refractivity contribution in [1.82, 2.24) is 10.6 Å². The number of hydrogen-bond acceptors (Lipinski definition) is 5. The average Bonchev–Trinajstić information content (AvgIpc) is 3.15. The topological polar surface area (TPSA) is 125 Å². The molecular weight excluding hydrogens is 436 g/mol. The first-order valence-corrected chi connectivity index (χ1v) is 11.7. The second kappa shape index (κ2) is 10.7. The Morgan fingerprint density at radius 3 is 2.29 bits per heavy atom. The van der Waals surface area contributed by atoms with Gasteiger partial charge in [0.2, 0.25) is 5.91 Å². The van der Waals surface area contributed by atoms with Gasteiger partial charge in [-0.15, -0.1) is 0 Å². The Morgan fingerprint density at radius 1 is 1.00 bits per heavy atom. The quantitative estimate of drug-likeness (QED) is 0.474. The molecular formula is C26H30N2O6. The van der Waals surface area contributed by atoms with Crippen LogP contribution in [0.15, 0.2) is 48.5 Å². The van der Waals surface area contributed by atoms with E-state index in [0.29, 0.717) is 12.8 Å². The van der Waals surface area contributed by atoms with E-state index in [9.17, 15) is 19.5 Å². The molecule has 4 N–H and O–H groups in total. The third kappa shape index (κ3) is 5.56. The first kappa shape index (κ1) is 23.8. The zero-order valence-corrected chi connectivity index (χ0v) is 18.9. The van der Waals surface area contributed by atoms with Crippen molar-refractivity contribution in [3.63, 3.8) is 0 Å². The Balaban J connectivity index is 1.27. The molecule has 1 unspecified atom stereocenters. The third-order valence-corrected chi connectivity index (χ3v) is 6.63. The van der Waals surface area contributed by atoms with Crippen molar-refractivity contribution in [3.05, 3.63) is 59.7 Å². The molecule has 2 aliphatic rings. The lowest BCUT2D eigenvalue weighted by Crippen LogP contribution is -2.44. The van der Waals surface area contributed by atoms with Gasteiger partial charge >= 0.3 is 12.1 Å². The smallest absolute Gasteiger partial charge is 0.407 e. The second-order valence-electron chi connectivity index (χ2n) is 9.03. The maximum absolute atomic E-state index is 12.6. The van der Waals surface area contributed by atoms with E-state index >= 15 is 0 Å². The van der Waals surface area contributed by atoms with Crippen LogP contribution in [0.3, 0.4) is 0 Å². The minimum absolute atomic E-state index is 0.0136. The Morgan fingerprint density at radius 2 is 1.65 bits per heavy atom. The number of hydrogen-bond donors (Lipinski definition) is 4. The van der Waals surface area contributed by atoms with Crippen LogP contribution in [-0.2, 0) is 14.3 Å². The van der Waals surface area contributed by atoms with Crippen molar-refractivity contribution in [2.75, 3.05) is 13.2 Å². The molecule has 0 aromatic heterocycles. The number of carbonyl (C=O) groups excluding carboxylic acids is 2. The maximum atomic E-state index is 12.6. The molecule has 2 aromatic carbocycles. The monoisotopic (exact) mass is 466 g/mol. The van der Waals surface area contributed by atoms with Gasteiger partial charge in [-0.2, -0.15) is 0 Å². The van der Waals surface area contributed by atoms with Gasteiger partial charge in [0, 0.05) is 24.4 Å². The number of nitrogens with one attached hydrogen (secondary N) is 2. The lowest BCUT2D eigenvalue weighted by molar-refractivity contribution is -0.139. The first-order valence-electron chi connectivity index (χ1n) is 11.7. The molecule has 0 radical (unpaired) electrons. The second-order valence-corrected chi connectivity index (χ2v) is 9.03. The summed E-state index contributed by atoms with van der Waals surface area (Å²) < 4.78 is 5.61. The van der Waals surface area contributed by atoms with Crippen LogP contribution in [0.1, 0.15) is 49.1 Å². The molecule has 2 amide bonds. The van der Waals surface area contributed by atoms with E-state index in [1.54, 1.807) is 0 Å². The number of carboxylic acids is 1. The summed E-state index contributed by atoms with van der Waals surface area (Å²) in [6, 6.07) is 16.1. The van der Waals surface area contributed by atoms with Gasteiger partial charge in [0.1, 0.15) is 6.61 Å². The van der Waals surface area contributed by atoms with Gasteiger partial charge in [-0.25, -0.2) is 4.79 Å². The molecule has 0 bridgehead atoms. The average molecular weight is 467 g/mol. The van der Waals surface area contributed by atoms with Crippen LogP contribution in [0.5, 0.6) is 0 Å². The van der Waals surface area contributed by atoms with E-state index < -0.39 is 24.6 Å². The number of alkyl carbamates (subject to hydrolysis) is 1. The minimum atomic E-state index is -1.13. The van der Waals surface area contributed by atoms with Crippen molar-refractivity contribution in [3.8, 4) is 11.1 Å². The van der Waals surface area contributed by atoms with E-state index in [-0.39, 0.29) is 36.9 Å². The van der Waals surface area contributed by atoms with Crippen LogP contribution in [0.25, 0.3) is 11.1 Å². The molecule has 4 rings (SSSR count). The molecule has 8 nitrogen and oxygen atoms in total. The highest BCUT2D eigenvalue weighted by atomic mass is 16.5. The summed E-state index contributed by atoms with van der Waals surface area (Å²) in [5, 5.41) is 23.9. The molecule has 2 aliphatic carbocycles. The molecule has 0 aliphatic heterocycles.